The van der Waals surface area contributed by atoms with Crippen molar-refractivity contribution >= 4 is 5.91 Å². The zero-order chi connectivity index (χ0) is 12.4. The SMILES string of the molecule is CC(c1ccccc1)N1C(=O)CC(C#N)C1C. The van der Waals surface area contributed by atoms with E-state index in [1.54, 1.807) is 0 Å². The van der Waals surface area contributed by atoms with Gasteiger partial charge in [0.15, 0.2) is 0 Å². The van der Waals surface area contributed by atoms with Crippen molar-refractivity contribution in [3.05, 3.63) is 35.9 Å². The fraction of sp³-hybridized carbons (Fsp3) is 0.429. The van der Waals surface area contributed by atoms with Crippen molar-refractivity contribution in [1.82, 2.24) is 4.90 Å². The van der Waals surface area contributed by atoms with Crippen molar-refractivity contribution in [2.45, 2.75) is 32.4 Å². The number of hydrogen-bond donors (Lipinski definition) is 0. The molecule has 0 bridgehead atoms. The number of rotatable bonds is 2. The molecule has 0 radical (unpaired) electrons. The van der Waals surface area contributed by atoms with Gasteiger partial charge in [0.1, 0.15) is 0 Å². The number of nitrogens with zero attached hydrogens (tertiary/aromatic N) is 2. The Kier molecular flexibility index (Phi) is 3.14. The Morgan fingerprint density at radius 1 is 1.41 bits per heavy atom. The second-order valence-electron chi connectivity index (χ2n) is 4.57. The van der Waals surface area contributed by atoms with Gasteiger partial charge in [0.05, 0.1) is 18.0 Å². The van der Waals surface area contributed by atoms with Crippen LogP contribution in [0.4, 0.5) is 0 Å². The van der Waals surface area contributed by atoms with Gasteiger partial charge in [0, 0.05) is 12.5 Å². The van der Waals surface area contributed by atoms with Crippen molar-refractivity contribution in [3.8, 4) is 6.07 Å². The maximum absolute atomic E-state index is 11.9. The summed E-state index contributed by atoms with van der Waals surface area (Å²) in [6.07, 6.45) is 0.356. The molecule has 1 fully saturated rings. The third-order valence-corrected chi connectivity index (χ3v) is 3.57. The predicted octanol–water partition coefficient (Wildman–Crippen LogP) is 2.51. The molecule has 1 aromatic carbocycles. The first-order valence-electron chi connectivity index (χ1n) is 5.91. The Labute approximate surface area is 102 Å². The summed E-state index contributed by atoms with van der Waals surface area (Å²) in [5, 5.41) is 9.00. The van der Waals surface area contributed by atoms with Gasteiger partial charge in [-0.3, -0.25) is 4.79 Å². The van der Waals surface area contributed by atoms with Gasteiger partial charge in [0.25, 0.3) is 0 Å². The minimum atomic E-state index is -0.173. The molecule has 2 rings (SSSR count). The van der Waals surface area contributed by atoms with E-state index in [9.17, 15) is 4.79 Å². The maximum Gasteiger partial charge on any atom is 0.224 e. The van der Waals surface area contributed by atoms with Crippen molar-refractivity contribution < 1.29 is 4.79 Å². The minimum Gasteiger partial charge on any atom is -0.332 e. The fourth-order valence-corrected chi connectivity index (χ4v) is 2.50. The summed E-state index contributed by atoms with van der Waals surface area (Å²) in [5.41, 5.74) is 1.12. The number of hydrogen-bond acceptors (Lipinski definition) is 2. The normalized spacial score (nSPS) is 25.7. The van der Waals surface area contributed by atoms with Crippen LogP contribution in [0.2, 0.25) is 0 Å². The Hall–Kier alpha value is -1.82. The lowest BCUT2D eigenvalue weighted by molar-refractivity contribution is -0.130. The van der Waals surface area contributed by atoms with Crippen molar-refractivity contribution in [2.75, 3.05) is 0 Å². The molecule has 1 aromatic rings. The van der Waals surface area contributed by atoms with Gasteiger partial charge >= 0.3 is 0 Å². The molecule has 1 saturated heterocycles. The number of amides is 1. The number of carbonyl (C=O) groups is 1. The Balaban J connectivity index is 2.24. The summed E-state index contributed by atoms with van der Waals surface area (Å²) in [6, 6.07) is 12.2. The molecule has 3 unspecified atom stereocenters. The summed E-state index contributed by atoms with van der Waals surface area (Å²) in [7, 11) is 0. The van der Waals surface area contributed by atoms with Gasteiger partial charge in [-0.15, -0.1) is 0 Å². The average Bonchev–Trinajstić information content (AvgIpc) is 2.64. The predicted molar refractivity (Wildman–Crippen MR) is 64.9 cm³/mol. The van der Waals surface area contributed by atoms with E-state index < -0.39 is 0 Å². The van der Waals surface area contributed by atoms with E-state index in [0.29, 0.717) is 6.42 Å². The van der Waals surface area contributed by atoms with Crippen molar-refractivity contribution in [2.24, 2.45) is 5.92 Å². The van der Waals surface area contributed by atoms with E-state index in [-0.39, 0.29) is 23.9 Å². The Morgan fingerprint density at radius 3 is 2.59 bits per heavy atom. The average molecular weight is 228 g/mol. The van der Waals surface area contributed by atoms with Crippen LogP contribution in [0.15, 0.2) is 30.3 Å². The highest BCUT2D eigenvalue weighted by molar-refractivity contribution is 5.80. The van der Waals surface area contributed by atoms with Gasteiger partial charge in [-0.2, -0.15) is 5.26 Å². The molecule has 0 aliphatic carbocycles. The van der Waals surface area contributed by atoms with Crippen LogP contribution in [-0.4, -0.2) is 16.8 Å². The van der Waals surface area contributed by atoms with Crippen molar-refractivity contribution in [3.63, 3.8) is 0 Å². The smallest absolute Gasteiger partial charge is 0.224 e. The molecule has 1 aliphatic rings. The van der Waals surface area contributed by atoms with Crippen LogP contribution >= 0.6 is 0 Å². The summed E-state index contributed by atoms with van der Waals surface area (Å²) in [5.74, 6) is -0.0888. The Bertz CT molecular complexity index is 449. The highest BCUT2D eigenvalue weighted by Gasteiger charge is 2.39. The number of benzene rings is 1. The number of nitriles is 1. The van der Waals surface area contributed by atoms with E-state index in [4.69, 9.17) is 5.26 Å². The largest absolute Gasteiger partial charge is 0.332 e. The van der Waals surface area contributed by atoms with Crippen molar-refractivity contribution in [1.29, 1.82) is 5.26 Å². The summed E-state index contributed by atoms with van der Waals surface area (Å²) in [6.45, 7) is 3.97. The minimum absolute atomic E-state index is 0.00251. The third kappa shape index (κ3) is 2.03. The third-order valence-electron chi connectivity index (χ3n) is 3.57. The van der Waals surface area contributed by atoms with Crippen LogP contribution in [0.5, 0.6) is 0 Å². The highest BCUT2D eigenvalue weighted by atomic mass is 16.2. The zero-order valence-electron chi connectivity index (χ0n) is 10.1. The first kappa shape index (κ1) is 11.7. The quantitative estimate of drug-likeness (QED) is 0.780. The van der Waals surface area contributed by atoms with Gasteiger partial charge in [-0.25, -0.2) is 0 Å². The van der Waals surface area contributed by atoms with Crippen LogP contribution in [-0.2, 0) is 4.79 Å². The molecule has 3 nitrogen and oxygen atoms in total. The molecule has 88 valence electrons. The van der Waals surface area contributed by atoms with Crippen LogP contribution in [0.25, 0.3) is 0 Å². The van der Waals surface area contributed by atoms with E-state index in [1.807, 2.05) is 49.1 Å². The molecule has 0 aromatic heterocycles. The molecule has 3 atom stereocenters. The second kappa shape index (κ2) is 4.58. The number of likely N-dealkylation sites (tertiary alicyclic amines) is 1. The molecule has 0 spiro atoms. The Morgan fingerprint density at radius 2 is 2.06 bits per heavy atom. The topological polar surface area (TPSA) is 44.1 Å². The number of carbonyl (C=O) groups excluding carboxylic acids is 1. The summed E-state index contributed by atoms with van der Waals surface area (Å²) in [4.78, 5) is 13.8. The molecule has 1 heterocycles. The lowest BCUT2D eigenvalue weighted by Gasteiger charge is -2.29. The first-order valence-corrected chi connectivity index (χ1v) is 5.91. The summed E-state index contributed by atoms with van der Waals surface area (Å²) < 4.78 is 0. The molecule has 3 heteroatoms. The fourth-order valence-electron chi connectivity index (χ4n) is 2.50. The lowest BCUT2D eigenvalue weighted by atomic mass is 10.0. The lowest BCUT2D eigenvalue weighted by Crippen LogP contribution is -2.35. The summed E-state index contributed by atoms with van der Waals surface area (Å²) >= 11 is 0. The van der Waals surface area contributed by atoms with Crippen LogP contribution in [0.3, 0.4) is 0 Å². The molecule has 1 aliphatic heterocycles. The molecular formula is C14H16N2O. The van der Waals surface area contributed by atoms with Gasteiger partial charge in [0.2, 0.25) is 5.91 Å². The molecule has 0 N–H and O–H groups in total. The van der Waals surface area contributed by atoms with E-state index in [1.165, 1.54) is 0 Å². The van der Waals surface area contributed by atoms with Crippen LogP contribution in [0, 0.1) is 17.2 Å². The van der Waals surface area contributed by atoms with Gasteiger partial charge in [-0.05, 0) is 19.4 Å². The van der Waals surface area contributed by atoms with E-state index in [0.717, 1.165) is 5.56 Å². The molecule has 0 saturated carbocycles. The molecule has 17 heavy (non-hydrogen) atoms. The first-order chi connectivity index (χ1) is 8.15. The van der Waals surface area contributed by atoms with Gasteiger partial charge in [-0.1, -0.05) is 30.3 Å². The van der Waals surface area contributed by atoms with E-state index in [2.05, 4.69) is 6.07 Å². The van der Waals surface area contributed by atoms with Crippen LogP contribution in [0.1, 0.15) is 31.9 Å². The maximum atomic E-state index is 11.9. The van der Waals surface area contributed by atoms with E-state index >= 15 is 0 Å². The highest BCUT2D eigenvalue weighted by Crippen LogP contribution is 2.32. The van der Waals surface area contributed by atoms with Gasteiger partial charge < -0.3 is 4.90 Å². The van der Waals surface area contributed by atoms with Crippen LogP contribution < -0.4 is 0 Å². The second-order valence-corrected chi connectivity index (χ2v) is 4.57. The monoisotopic (exact) mass is 228 g/mol. The zero-order valence-corrected chi connectivity index (χ0v) is 10.1. The molecule has 1 amide bonds. The molecular weight excluding hydrogens is 212 g/mol. The standard InChI is InChI=1S/C14H16N2O/c1-10(12-6-4-3-5-7-12)16-11(2)13(9-15)8-14(16)17/h3-7,10-11,13H,8H2,1-2H3.